The van der Waals surface area contributed by atoms with E-state index in [0.717, 1.165) is 41.5 Å². The summed E-state index contributed by atoms with van der Waals surface area (Å²) in [7, 11) is 1.56. The molecule has 0 heterocycles. The van der Waals surface area contributed by atoms with Gasteiger partial charge in [0.1, 0.15) is 12.1 Å². The van der Waals surface area contributed by atoms with Gasteiger partial charge in [-0.2, -0.15) is 0 Å². The van der Waals surface area contributed by atoms with E-state index >= 15 is 0 Å². The monoisotopic (exact) mass is 478 g/mol. The molecule has 1 unspecified atom stereocenters. The Morgan fingerprint density at radius 2 is 1.69 bits per heavy atom. The topological polar surface area (TPSA) is 95.9 Å². The number of hydrogen-bond acceptors (Lipinski definition) is 4. The van der Waals surface area contributed by atoms with Gasteiger partial charge in [-0.1, -0.05) is 68.3 Å². The number of carboxylic acids is 1. The van der Waals surface area contributed by atoms with Crippen LogP contribution in [-0.2, 0) is 14.3 Å². The summed E-state index contributed by atoms with van der Waals surface area (Å²) in [6.07, 6.45) is 3.60. The molecule has 1 atom stereocenters. The van der Waals surface area contributed by atoms with Crippen LogP contribution in [0.5, 0.6) is 0 Å². The van der Waals surface area contributed by atoms with E-state index < -0.39 is 23.6 Å². The zero-order valence-corrected chi connectivity index (χ0v) is 20.5. The van der Waals surface area contributed by atoms with Gasteiger partial charge in [-0.25, -0.2) is 9.59 Å². The minimum atomic E-state index is -1.11. The molecular formula is C28H34N2O5. The summed E-state index contributed by atoms with van der Waals surface area (Å²) >= 11 is 0. The van der Waals surface area contributed by atoms with Gasteiger partial charge in [-0.15, -0.1) is 0 Å². The van der Waals surface area contributed by atoms with Crippen molar-refractivity contribution in [2.24, 2.45) is 0 Å². The summed E-state index contributed by atoms with van der Waals surface area (Å²) in [5.41, 5.74) is 3.49. The highest BCUT2D eigenvalue weighted by Crippen LogP contribution is 2.44. The number of fused-ring (bicyclic) bond motifs is 3. The van der Waals surface area contributed by atoms with Crippen LogP contribution in [0.1, 0.15) is 68.9 Å². The lowest BCUT2D eigenvalue weighted by molar-refractivity contribution is -0.164. The summed E-state index contributed by atoms with van der Waals surface area (Å²) < 4.78 is 5.66. The lowest BCUT2D eigenvalue weighted by Crippen LogP contribution is -2.60. The Morgan fingerprint density at radius 1 is 1.09 bits per heavy atom. The van der Waals surface area contributed by atoms with Gasteiger partial charge in [0.15, 0.2) is 0 Å². The molecule has 7 nitrogen and oxygen atoms in total. The molecule has 0 bridgehead atoms. The van der Waals surface area contributed by atoms with E-state index in [4.69, 9.17) is 4.74 Å². The number of nitrogens with zero attached hydrogens (tertiary/aromatic N) is 1. The molecule has 0 aliphatic heterocycles. The van der Waals surface area contributed by atoms with Crippen LogP contribution in [0, 0.1) is 0 Å². The molecule has 0 spiro atoms. The molecule has 1 fully saturated rings. The van der Waals surface area contributed by atoms with Gasteiger partial charge >= 0.3 is 12.1 Å². The van der Waals surface area contributed by atoms with E-state index in [-0.39, 0.29) is 24.9 Å². The van der Waals surface area contributed by atoms with Gasteiger partial charge in [0.2, 0.25) is 5.91 Å². The van der Waals surface area contributed by atoms with E-state index in [0.29, 0.717) is 19.3 Å². The molecule has 2 N–H and O–H groups in total. The van der Waals surface area contributed by atoms with Crippen molar-refractivity contribution < 1.29 is 24.2 Å². The summed E-state index contributed by atoms with van der Waals surface area (Å²) in [6.45, 7) is 2.25. The van der Waals surface area contributed by atoms with Crippen molar-refractivity contribution in [3.8, 4) is 11.1 Å². The maximum atomic E-state index is 13.0. The SMILES string of the molecule is CCCCC(CC(=O)N(C)C1(C(=O)O)CCC1)NC(=O)OCC1c2ccccc2-c2ccccc21. The number of likely N-dealkylation sites (N-methyl/N-ethyl adjacent to an activating group) is 1. The number of nitrogens with one attached hydrogen (secondary N) is 1. The zero-order chi connectivity index (χ0) is 25.0. The quantitative estimate of drug-likeness (QED) is 0.504. The normalized spacial score (nSPS) is 16.4. The first kappa shape index (κ1) is 24.8. The Kier molecular flexibility index (Phi) is 7.43. The van der Waals surface area contributed by atoms with Gasteiger partial charge in [0, 0.05) is 25.4 Å². The van der Waals surface area contributed by atoms with Crippen molar-refractivity contribution in [3.63, 3.8) is 0 Å². The molecule has 35 heavy (non-hydrogen) atoms. The summed E-state index contributed by atoms with van der Waals surface area (Å²) in [5.74, 6) is -1.27. The van der Waals surface area contributed by atoms with Crippen LogP contribution in [0.2, 0.25) is 0 Å². The number of aliphatic carboxylic acids is 1. The van der Waals surface area contributed by atoms with Crippen LogP contribution in [0.25, 0.3) is 11.1 Å². The predicted octanol–water partition coefficient (Wildman–Crippen LogP) is 4.94. The molecule has 7 heteroatoms. The number of unbranched alkanes of at least 4 members (excludes halogenated alkanes) is 1. The molecule has 2 amide bonds. The van der Waals surface area contributed by atoms with Gasteiger partial charge in [0.05, 0.1) is 0 Å². The Labute approximate surface area is 206 Å². The first-order valence-electron chi connectivity index (χ1n) is 12.5. The Hall–Kier alpha value is -3.35. The second-order valence-electron chi connectivity index (χ2n) is 9.66. The fraction of sp³-hybridized carbons (Fsp3) is 0.464. The first-order valence-corrected chi connectivity index (χ1v) is 12.5. The van der Waals surface area contributed by atoms with Crippen LogP contribution in [0.3, 0.4) is 0 Å². The number of carbonyl (C=O) groups excluding carboxylic acids is 2. The van der Waals surface area contributed by atoms with Gasteiger partial charge < -0.3 is 20.1 Å². The lowest BCUT2D eigenvalue weighted by atomic mass is 9.75. The minimum Gasteiger partial charge on any atom is -0.479 e. The van der Waals surface area contributed by atoms with Gasteiger partial charge in [0.25, 0.3) is 0 Å². The Morgan fingerprint density at radius 3 is 2.20 bits per heavy atom. The minimum absolute atomic E-state index is 0.0379. The van der Waals surface area contributed by atoms with E-state index in [1.165, 1.54) is 4.90 Å². The smallest absolute Gasteiger partial charge is 0.407 e. The molecule has 1 saturated carbocycles. The molecule has 2 aromatic rings. The number of carboxylic acid groups (broad SMARTS) is 1. The maximum absolute atomic E-state index is 13.0. The average molecular weight is 479 g/mol. The van der Waals surface area contributed by atoms with E-state index in [2.05, 4.69) is 29.6 Å². The van der Waals surface area contributed by atoms with Crippen molar-refractivity contribution in [2.45, 2.75) is 69.4 Å². The van der Waals surface area contributed by atoms with Gasteiger partial charge in [-0.05, 0) is 47.9 Å². The second kappa shape index (κ2) is 10.5. The lowest BCUT2D eigenvalue weighted by Gasteiger charge is -2.45. The van der Waals surface area contributed by atoms with E-state index in [1.54, 1.807) is 7.05 Å². The first-order chi connectivity index (χ1) is 16.9. The molecule has 2 aromatic carbocycles. The Bertz CT molecular complexity index is 1050. The number of hydrogen-bond donors (Lipinski definition) is 2. The average Bonchev–Trinajstić information content (AvgIpc) is 3.14. The molecular weight excluding hydrogens is 444 g/mol. The molecule has 186 valence electrons. The molecule has 4 rings (SSSR count). The molecule has 0 aromatic heterocycles. The predicted molar refractivity (Wildman–Crippen MR) is 133 cm³/mol. The fourth-order valence-electron chi connectivity index (χ4n) is 5.27. The number of benzene rings is 2. The van der Waals surface area contributed by atoms with Crippen LogP contribution >= 0.6 is 0 Å². The number of carbonyl (C=O) groups is 3. The summed E-state index contributed by atoms with van der Waals surface area (Å²) in [5, 5.41) is 12.5. The van der Waals surface area contributed by atoms with E-state index in [9.17, 15) is 19.5 Å². The molecule has 0 saturated heterocycles. The number of alkyl carbamates (subject to hydrolysis) is 1. The molecule has 2 aliphatic carbocycles. The largest absolute Gasteiger partial charge is 0.479 e. The van der Waals surface area contributed by atoms with Crippen molar-refractivity contribution in [1.29, 1.82) is 0 Å². The third-order valence-corrected chi connectivity index (χ3v) is 7.59. The second-order valence-corrected chi connectivity index (χ2v) is 9.66. The fourth-order valence-corrected chi connectivity index (χ4v) is 5.27. The van der Waals surface area contributed by atoms with Crippen LogP contribution in [0.15, 0.2) is 48.5 Å². The van der Waals surface area contributed by atoms with E-state index in [1.807, 2.05) is 31.2 Å². The Balaban J connectivity index is 1.39. The maximum Gasteiger partial charge on any atom is 0.407 e. The third-order valence-electron chi connectivity index (χ3n) is 7.59. The summed E-state index contributed by atoms with van der Waals surface area (Å²) in [4.78, 5) is 38.9. The highest BCUT2D eigenvalue weighted by molar-refractivity contribution is 5.88. The summed E-state index contributed by atoms with van der Waals surface area (Å²) in [6, 6.07) is 15.9. The van der Waals surface area contributed by atoms with Crippen LogP contribution in [0.4, 0.5) is 4.79 Å². The third kappa shape index (κ3) is 4.90. The zero-order valence-electron chi connectivity index (χ0n) is 20.5. The highest BCUT2D eigenvalue weighted by atomic mass is 16.5. The van der Waals surface area contributed by atoms with Crippen molar-refractivity contribution in [3.05, 3.63) is 59.7 Å². The number of ether oxygens (including phenoxy) is 1. The molecule has 2 aliphatic rings. The van der Waals surface area contributed by atoms with Crippen molar-refractivity contribution in [2.75, 3.05) is 13.7 Å². The standard InChI is InChI=1S/C28H34N2O5/c1-3-4-10-19(17-25(31)30(2)28(26(32)33)15-9-16-28)29-27(34)35-18-24-22-13-7-5-11-20(22)21-12-6-8-14-23(21)24/h5-8,11-14,19,24H,3-4,9-10,15-18H2,1-2H3,(H,29,34)(H,32,33). The van der Waals surface area contributed by atoms with Crippen LogP contribution < -0.4 is 5.32 Å². The number of amides is 2. The van der Waals surface area contributed by atoms with Crippen molar-refractivity contribution in [1.82, 2.24) is 10.2 Å². The number of rotatable bonds is 10. The van der Waals surface area contributed by atoms with Crippen molar-refractivity contribution >= 4 is 18.0 Å². The highest BCUT2D eigenvalue weighted by Gasteiger charge is 2.49. The molecule has 0 radical (unpaired) electrons. The van der Waals surface area contributed by atoms with Gasteiger partial charge in [-0.3, -0.25) is 4.79 Å². The van der Waals surface area contributed by atoms with Crippen LogP contribution in [-0.4, -0.2) is 53.2 Å².